The van der Waals surface area contributed by atoms with Gasteiger partial charge in [-0.15, -0.1) is 13.2 Å². The van der Waals surface area contributed by atoms with Crippen LogP contribution in [0.25, 0.3) is 11.3 Å². The fraction of sp³-hybridized carbons (Fsp3) is 0.738. The Morgan fingerprint density at radius 1 is 0.910 bits per heavy atom. The van der Waals surface area contributed by atoms with Gasteiger partial charge in [-0.3, -0.25) is 28.8 Å². The number of cyclic esters (lactones) is 1. The van der Waals surface area contributed by atoms with Crippen LogP contribution in [-0.4, -0.2) is 196 Å². The Labute approximate surface area is 520 Å². The smallest absolute Gasteiger partial charge is 0.464 e. The number of halogens is 3. The highest BCUT2D eigenvalue weighted by molar-refractivity contribution is 6.39. The van der Waals surface area contributed by atoms with E-state index in [-0.39, 0.29) is 98.7 Å². The zero-order valence-corrected chi connectivity index (χ0v) is 53.2. The number of piperidine rings is 2. The van der Waals surface area contributed by atoms with Gasteiger partial charge in [0.1, 0.15) is 17.9 Å². The molecule has 2 bridgehead atoms. The number of carbonyl (C=O) groups excluding carboxylic acids is 5. The summed E-state index contributed by atoms with van der Waals surface area (Å²) in [7, 11) is 4.57. The number of aliphatic hydroxyl groups is 3. The highest BCUT2D eigenvalue weighted by Crippen LogP contribution is 2.59. The van der Waals surface area contributed by atoms with Crippen LogP contribution in [-0.2, 0) is 47.7 Å². The fourth-order valence-corrected chi connectivity index (χ4v) is 15.2. The van der Waals surface area contributed by atoms with Crippen LogP contribution in [0.2, 0.25) is 0 Å². The molecule has 2 saturated carbocycles. The molecule has 6 fully saturated rings. The van der Waals surface area contributed by atoms with Crippen LogP contribution >= 0.6 is 0 Å². The lowest BCUT2D eigenvalue weighted by Crippen LogP contribution is -2.64. The molecule has 24 heteroatoms. The van der Waals surface area contributed by atoms with Gasteiger partial charge in [-0.25, -0.2) is 9.78 Å². The molecule has 2 unspecified atom stereocenters. The molecule has 5 N–H and O–H groups in total. The zero-order valence-electron chi connectivity index (χ0n) is 53.2. The number of methoxy groups -OCH3 is 3. The summed E-state index contributed by atoms with van der Waals surface area (Å²) in [5.41, 5.74) is 9.20. The number of hydrogen-bond acceptors (Lipinski definition) is 18. The summed E-state index contributed by atoms with van der Waals surface area (Å²) in [5.74, 6) is -9.02. The first-order chi connectivity index (χ1) is 42.1. The van der Waals surface area contributed by atoms with Gasteiger partial charge in [0.2, 0.25) is 11.7 Å². The van der Waals surface area contributed by atoms with Gasteiger partial charge in [-0.2, -0.15) is 5.10 Å². The van der Waals surface area contributed by atoms with E-state index in [0.29, 0.717) is 81.1 Å². The van der Waals surface area contributed by atoms with E-state index in [9.17, 15) is 52.5 Å². The summed E-state index contributed by atoms with van der Waals surface area (Å²) >= 11 is 0. The number of fused-ring (bicyclic) bond motifs is 4. The molecular weight excluding hydrogens is 1160 g/mol. The predicted octanol–water partition coefficient (Wildman–Crippen LogP) is 6.97. The molecule has 2 aromatic heterocycles. The molecule has 7 heterocycles. The number of pyridine rings is 1. The van der Waals surface area contributed by atoms with Crippen LogP contribution in [0, 0.1) is 47.3 Å². The number of esters is 1. The lowest BCUT2D eigenvalue weighted by Gasteiger charge is -2.47. The van der Waals surface area contributed by atoms with Crippen molar-refractivity contribution in [1.82, 2.24) is 29.5 Å². The minimum Gasteiger partial charge on any atom is -0.464 e. The van der Waals surface area contributed by atoms with Gasteiger partial charge in [0, 0.05) is 120 Å². The number of nitrogen functional groups attached to an aromatic ring is 1. The number of nitrogens with zero attached hydrogens (tertiary/aromatic N) is 6. The van der Waals surface area contributed by atoms with Crippen molar-refractivity contribution >= 4 is 35.2 Å². The normalized spacial score (nSPS) is 35.9. The number of rotatable bonds is 13. The van der Waals surface area contributed by atoms with Crippen LogP contribution < -0.4 is 10.5 Å². The number of likely N-dealkylation sites (tertiary alicyclic amines) is 2. The average molecular weight is 1250 g/mol. The molecule has 89 heavy (non-hydrogen) atoms. The second kappa shape index (κ2) is 28.3. The first-order valence-electron chi connectivity index (χ1n) is 32.0. The third-order valence-electron chi connectivity index (χ3n) is 20.5. The summed E-state index contributed by atoms with van der Waals surface area (Å²) in [6.45, 7) is 15.8. The molecule has 5 aliphatic heterocycles. The van der Waals surface area contributed by atoms with Crippen LogP contribution in [0.15, 0.2) is 41.6 Å². The first kappa shape index (κ1) is 68.0. The summed E-state index contributed by atoms with van der Waals surface area (Å²) in [5, 5.41) is 39.9. The standard InChI is InChI=1S/C65H94F3N7O14/c1-34(2)75-49(26-47(71-75)42-25-56(61(69)70-28-42)88-65(66,67)68)58-44-31-72(32-45(44)58)43-29-73(30-43)57(79)17-15-41-20-35(3)19-36(4)21-54(85-9)59-55(86-10)23-38(6)64(83,89-59)60(80)62(81)74-18-12-11-13-48(74)63(82)87-33-46(39(7)51(77)27-52(41)78)37(5)22-40-14-16-50(76)53(24-40)84-8/h20,22,25-26,28,34,36,38-41,43-46,48,50-51,53-55,58-59,76-77,83H,11-19,21,23-24,27,29-33H2,1-10H3,(H2,69,70)/b35-20+,37-22+/t36-,38+,39-,40-,41+,44?,45?,46+,48-,50+,51-,53+,54-,55-,58?,59+,64+/m0/s1. The summed E-state index contributed by atoms with van der Waals surface area (Å²) in [4.78, 5) is 81.5. The van der Waals surface area contributed by atoms with Crippen molar-refractivity contribution in [3.8, 4) is 17.0 Å². The van der Waals surface area contributed by atoms with E-state index in [1.165, 1.54) is 31.4 Å². The first-order valence-corrected chi connectivity index (χ1v) is 32.0. The molecule has 16 atom stereocenters. The van der Waals surface area contributed by atoms with Crippen molar-refractivity contribution in [2.75, 3.05) is 66.4 Å². The molecule has 2 aliphatic carbocycles. The van der Waals surface area contributed by atoms with Crippen molar-refractivity contribution in [3.05, 3.63) is 47.3 Å². The van der Waals surface area contributed by atoms with Gasteiger partial charge in [0.05, 0.1) is 42.8 Å². The van der Waals surface area contributed by atoms with Crippen LogP contribution in [0.1, 0.15) is 143 Å². The van der Waals surface area contributed by atoms with Crippen molar-refractivity contribution in [2.45, 2.75) is 198 Å². The molecule has 0 radical (unpaired) electrons. The summed E-state index contributed by atoms with van der Waals surface area (Å²) < 4.78 is 75.5. The average Bonchev–Trinajstić information content (AvgIpc) is 1.57. The number of aromatic nitrogens is 3. The van der Waals surface area contributed by atoms with Crippen molar-refractivity contribution in [1.29, 1.82) is 0 Å². The van der Waals surface area contributed by atoms with Crippen molar-refractivity contribution < 1.29 is 80.9 Å². The van der Waals surface area contributed by atoms with Gasteiger partial charge >= 0.3 is 12.3 Å². The Morgan fingerprint density at radius 3 is 2.26 bits per heavy atom. The van der Waals surface area contributed by atoms with Crippen molar-refractivity contribution in [2.24, 2.45) is 47.3 Å². The lowest BCUT2D eigenvalue weighted by molar-refractivity contribution is -0.302. The minimum atomic E-state index is -4.94. The zero-order chi connectivity index (χ0) is 64.6. The highest BCUT2D eigenvalue weighted by atomic mass is 19.4. The molecule has 7 aliphatic rings. The topological polar surface area (TPSA) is 268 Å². The maximum atomic E-state index is 14.8. The number of ether oxygens (including phenoxy) is 6. The van der Waals surface area contributed by atoms with Gasteiger partial charge in [0.15, 0.2) is 11.6 Å². The molecule has 2 aromatic rings. The van der Waals surface area contributed by atoms with Gasteiger partial charge in [-0.1, -0.05) is 44.1 Å². The number of carbonyl (C=O) groups is 5. The van der Waals surface area contributed by atoms with E-state index >= 15 is 0 Å². The van der Waals surface area contributed by atoms with Crippen LogP contribution in [0.4, 0.5) is 19.0 Å². The van der Waals surface area contributed by atoms with E-state index < -0.39 is 95.8 Å². The van der Waals surface area contributed by atoms with E-state index in [1.54, 1.807) is 14.0 Å². The molecule has 0 aromatic carbocycles. The molecule has 9 rings (SSSR count). The molecule has 4 saturated heterocycles. The molecular formula is C65H94F3N7O14. The largest absolute Gasteiger partial charge is 0.573 e. The van der Waals surface area contributed by atoms with E-state index in [1.807, 2.05) is 63.3 Å². The van der Waals surface area contributed by atoms with E-state index in [4.69, 9.17) is 34.5 Å². The summed E-state index contributed by atoms with van der Waals surface area (Å²) in [6, 6.07) is 2.10. The van der Waals surface area contributed by atoms with Crippen molar-refractivity contribution in [3.63, 3.8) is 0 Å². The Balaban J connectivity index is 0.907. The number of nitrogens with two attached hydrogens (primary N) is 1. The maximum Gasteiger partial charge on any atom is 0.573 e. The van der Waals surface area contributed by atoms with Crippen LogP contribution in [0.3, 0.4) is 0 Å². The number of allylic oxidation sites excluding steroid dienone is 3. The number of amides is 2. The third-order valence-corrected chi connectivity index (χ3v) is 20.5. The molecule has 0 spiro atoms. The second-order valence-electron chi connectivity index (χ2n) is 27.1. The highest BCUT2D eigenvalue weighted by Gasteiger charge is 2.60. The second-order valence-corrected chi connectivity index (χ2v) is 27.1. The minimum absolute atomic E-state index is 0.00724. The Hall–Kier alpha value is -5.34. The lowest BCUT2D eigenvalue weighted by atomic mass is 9.78. The van der Waals surface area contributed by atoms with E-state index in [2.05, 4.69) is 20.7 Å². The molecule has 2 amide bonds. The fourth-order valence-electron chi connectivity index (χ4n) is 15.2. The Kier molecular flexibility index (Phi) is 21.6. The predicted molar refractivity (Wildman–Crippen MR) is 320 cm³/mol. The summed E-state index contributed by atoms with van der Waals surface area (Å²) in [6.07, 6.45) is -0.0927. The number of hydrogen-bond donors (Lipinski definition) is 4. The van der Waals surface area contributed by atoms with Gasteiger partial charge < -0.3 is 59.3 Å². The third kappa shape index (κ3) is 15.3. The Bertz CT molecular complexity index is 2920. The number of anilines is 1. The molecule has 494 valence electrons. The SMILES string of the molecule is CO[C@H]1C[C@@H](C)C/C(C)=C/[C@@H](CCC(=O)N2CC(N3CC4C(C3)C4c3cc(-c4cnc(N)c(OC(F)(F)F)c4)nn3C(C)C)C2)C(=O)C[C@H](O)[C@@H](C)[C@@H](/C(C)=C/[C@@H]2CC[C@@H](O)[C@H](OC)C2)COC(=O)[C@@H]2CCCCN2C(=O)C(=O)[C@]2(O)O[C@H]1[C@@H](OC)C[C@H]2C. The number of alkyl halides is 3. The maximum absolute atomic E-state index is 14.8. The number of aliphatic hydroxyl groups excluding tert-OH is 2. The monoisotopic (exact) mass is 1250 g/mol. The van der Waals surface area contributed by atoms with Crippen LogP contribution in [0.5, 0.6) is 5.75 Å². The van der Waals surface area contributed by atoms with E-state index in [0.717, 1.165) is 29.9 Å². The quantitative estimate of drug-likeness (QED) is 0.0896. The number of Topliss-reactive ketones (excluding diaryl/α,β-unsaturated/α-hetero) is 2. The van der Waals surface area contributed by atoms with Gasteiger partial charge in [-0.05, 0) is 134 Å². The van der Waals surface area contributed by atoms with Gasteiger partial charge in [0.25, 0.3) is 11.7 Å². The molecule has 21 nitrogen and oxygen atoms in total. The Morgan fingerprint density at radius 2 is 1.60 bits per heavy atom. The number of ketones is 2.